The van der Waals surface area contributed by atoms with Crippen LogP contribution in [0.2, 0.25) is 0 Å². The molecule has 0 saturated carbocycles. The maximum atomic E-state index is 4.70. The Morgan fingerprint density at radius 1 is 0.947 bits per heavy atom. The first-order chi connectivity index (χ1) is 9.31. The molecule has 0 aliphatic heterocycles. The molecule has 0 aliphatic carbocycles. The number of pyridine rings is 1. The van der Waals surface area contributed by atoms with Crippen molar-refractivity contribution < 1.29 is 0 Å². The molecule has 0 N–H and O–H groups in total. The average Bonchev–Trinajstić information content (AvgIpc) is 2.46. The van der Waals surface area contributed by atoms with Gasteiger partial charge in [-0.25, -0.2) is 4.98 Å². The largest absolute Gasteiger partial charge is 0.241 e. The lowest BCUT2D eigenvalue weighted by atomic mass is 9.98. The lowest BCUT2D eigenvalue weighted by molar-refractivity contribution is 1.34. The second-order valence-corrected chi connectivity index (χ2v) is 5.30. The van der Waals surface area contributed by atoms with Crippen molar-refractivity contribution in [1.82, 2.24) is 4.98 Å². The van der Waals surface area contributed by atoms with Crippen molar-refractivity contribution in [3.8, 4) is 11.1 Å². The third-order valence-corrected chi connectivity index (χ3v) is 3.94. The standard InChI is InChI=1S/C17H12IN/c1-2-13-14-10-6-7-11-15(14)19-17(18)16(13)12-8-4-3-5-9-12/h2-11H,1H2. The molecule has 0 saturated heterocycles. The molecule has 2 heteroatoms. The summed E-state index contributed by atoms with van der Waals surface area (Å²) in [4.78, 5) is 4.70. The van der Waals surface area contributed by atoms with E-state index in [4.69, 9.17) is 4.98 Å². The van der Waals surface area contributed by atoms with Crippen molar-refractivity contribution in [2.45, 2.75) is 0 Å². The third-order valence-electron chi connectivity index (χ3n) is 3.16. The highest BCUT2D eigenvalue weighted by Gasteiger charge is 2.12. The van der Waals surface area contributed by atoms with Gasteiger partial charge in [-0.1, -0.05) is 61.2 Å². The van der Waals surface area contributed by atoms with E-state index in [1.165, 1.54) is 5.56 Å². The molecule has 0 amide bonds. The molecule has 0 fully saturated rings. The molecule has 1 nitrogen and oxygen atoms in total. The van der Waals surface area contributed by atoms with Crippen molar-refractivity contribution in [2.24, 2.45) is 0 Å². The summed E-state index contributed by atoms with van der Waals surface area (Å²) in [5.41, 5.74) is 4.51. The summed E-state index contributed by atoms with van der Waals surface area (Å²) in [6.07, 6.45) is 1.93. The van der Waals surface area contributed by atoms with Gasteiger partial charge in [0.15, 0.2) is 0 Å². The fraction of sp³-hybridized carbons (Fsp3) is 0. The fourth-order valence-corrected chi connectivity index (χ4v) is 3.16. The van der Waals surface area contributed by atoms with E-state index >= 15 is 0 Å². The number of halogens is 1. The van der Waals surface area contributed by atoms with Gasteiger partial charge < -0.3 is 0 Å². The number of aromatic nitrogens is 1. The van der Waals surface area contributed by atoms with Crippen LogP contribution in [0.25, 0.3) is 28.1 Å². The normalized spacial score (nSPS) is 10.6. The number of para-hydroxylation sites is 1. The molecule has 0 radical (unpaired) electrons. The molecule has 0 atom stereocenters. The molecule has 1 aromatic heterocycles. The van der Waals surface area contributed by atoms with E-state index in [2.05, 4.69) is 47.4 Å². The second-order valence-electron chi connectivity index (χ2n) is 4.28. The molecule has 1 heterocycles. The van der Waals surface area contributed by atoms with Gasteiger partial charge in [-0.05, 0) is 39.8 Å². The maximum absolute atomic E-state index is 4.70. The second kappa shape index (κ2) is 5.13. The minimum Gasteiger partial charge on any atom is -0.241 e. The SMILES string of the molecule is C=Cc1c(-c2ccccc2)c(I)nc2ccccc12. The highest BCUT2D eigenvalue weighted by atomic mass is 127. The monoisotopic (exact) mass is 357 g/mol. The van der Waals surface area contributed by atoms with E-state index in [9.17, 15) is 0 Å². The van der Waals surface area contributed by atoms with Crippen LogP contribution in [-0.4, -0.2) is 4.98 Å². The Hall–Kier alpha value is -1.68. The van der Waals surface area contributed by atoms with Crippen LogP contribution in [0.3, 0.4) is 0 Å². The number of hydrogen-bond acceptors (Lipinski definition) is 1. The smallest absolute Gasteiger partial charge is 0.110 e. The zero-order valence-electron chi connectivity index (χ0n) is 10.3. The molecule has 3 aromatic rings. The molecular formula is C17H12IN. The first kappa shape index (κ1) is 12.4. The Morgan fingerprint density at radius 3 is 2.37 bits per heavy atom. The zero-order valence-corrected chi connectivity index (χ0v) is 12.5. The molecule has 0 spiro atoms. The minimum atomic E-state index is 1.01. The average molecular weight is 357 g/mol. The van der Waals surface area contributed by atoms with Gasteiger partial charge in [-0.15, -0.1) is 0 Å². The first-order valence-corrected chi connectivity index (χ1v) is 7.15. The maximum Gasteiger partial charge on any atom is 0.110 e. The van der Waals surface area contributed by atoms with E-state index in [-0.39, 0.29) is 0 Å². The van der Waals surface area contributed by atoms with Crippen molar-refractivity contribution in [2.75, 3.05) is 0 Å². The topological polar surface area (TPSA) is 12.9 Å². The number of nitrogens with zero attached hydrogens (tertiary/aromatic N) is 1. The summed E-state index contributed by atoms with van der Waals surface area (Å²) in [6.45, 7) is 3.98. The zero-order chi connectivity index (χ0) is 13.2. The van der Waals surface area contributed by atoms with Crippen molar-refractivity contribution >= 4 is 39.6 Å². The van der Waals surface area contributed by atoms with Crippen molar-refractivity contribution in [3.63, 3.8) is 0 Å². The Kier molecular flexibility index (Phi) is 3.34. The van der Waals surface area contributed by atoms with E-state index in [1.54, 1.807) is 0 Å². The summed E-state index contributed by atoms with van der Waals surface area (Å²) in [7, 11) is 0. The van der Waals surface area contributed by atoms with E-state index in [0.29, 0.717) is 0 Å². The highest BCUT2D eigenvalue weighted by Crippen LogP contribution is 2.33. The van der Waals surface area contributed by atoms with Gasteiger partial charge in [0, 0.05) is 10.9 Å². The van der Waals surface area contributed by atoms with E-state index in [1.807, 2.05) is 42.5 Å². The van der Waals surface area contributed by atoms with Crippen molar-refractivity contribution in [3.05, 3.63) is 70.4 Å². The quantitative estimate of drug-likeness (QED) is 0.457. The van der Waals surface area contributed by atoms with Gasteiger partial charge in [-0.3, -0.25) is 0 Å². The molecule has 2 aromatic carbocycles. The van der Waals surface area contributed by atoms with Crippen LogP contribution < -0.4 is 0 Å². The lowest BCUT2D eigenvalue weighted by Gasteiger charge is -2.12. The van der Waals surface area contributed by atoms with Gasteiger partial charge >= 0.3 is 0 Å². The third kappa shape index (κ3) is 2.16. The number of rotatable bonds is 2. The Balaban J connectivity index is 2.42. The summed E-state index contributed by atoms with van der Waals surface area (Å²) < 4.78 is 1.01. The van der Waals surface area contributed by atoms with Gasteiger partial charge in [-0.2, -0.15) is 0 Å². The van der Waals surface area contributed by atoms with Crippen LogP contribution in [0, 0.1) is 3.70 Å². The highest BCUT2D eigenvalue weighted by molar-refractivity contribution is 14.1. The van der Waals surface area contributed by atoms with E-state index in [0.717, 1.165) is 25.7 Å². The predicted molar refractivity (Wildman–Crippen MR) is 90.0 cm³/mol. The predicted octanol–water partition coefficient (Wildman–Crippen LogP) is 5.15. The Morgan fingerprint density at radius 2 is 1.63 bits per heavy atom. The fourth-order valence-electron chi connectivity index (χ4n) is 2.30. The Labute approximate surface area is 126 Å². The summed E-state index contributed by atoms with van der Waals surface area (Å²) in [5, 5.41) is 1.15. The van der Waals surface area contributed by atoms with Crippen LogP contribution in [0.15, 0.2) is 61.2 Å². The van der Waals surface area contributed by atoms with Crippen LogP contribution in [0.4, 0.5) is 0 Å². The molecule has 19 heavy (non-hydrogen) atoms. The first-order valence-electron chi connectivity index (χ1n) is 6.07. The lowest BCUT2D eigenvalue weighted by Crippen LogP contribution is -1.94. The summed E-state index contributed by atoms with van der Waals surface area (Å²) in [5.74, 6) is 0. The molecule has 0 unspecified atom stereocenters. The summed E-state index contributed by atoms with van der Waals surface area (Å²) >= 11 is 2.30. The summed E-state index contributed by atoms with van der Waals surface area (Å²) in [6, 6.07) is 18.5. The Bertz CT molecular complexity index is 748. The number of hydrogen-bond donors (Lipinski definition) is 0. The molecule has 3 rings (SSSR count). The van der Waals surface area contributed by atoms with E-state index < -0.39 is 0 Å². The van der Waals surface area contributed by atoms with Crippen LogP contribution in [-0.2, 0) is 0 Å². The molecule has 0 aliphatic rings. The minimum absolute atomic E-state index is 1.01. The van der Waals surface area contributed by atoms with Crippen LogP contribution in [0.5, 0.6) is 0 Å². The van der Waals surface area contributed by atoms with Crippen LogP contribution >= 0.6 is 22.6 Å². The van der Waals surface area contributed by atoms with Crippen molar-refractivity contribution in [1.29, 1.82) is 0 Å². The number of benzene rings is 2. The van der Waals surface area contributed by atoms with Gasteiger partial charge in [0.05, 0.1) is 5.52 Å². The molecule has 0 bridgehead atoms. The van der Waals surface area contributed by atoms with Crippen LogP contribution in [0.1, 0.15) is 5.56 Å². The molecular weight excluding hydrogens is 345 g/mol. The van der Waals surface area contributed by atoms with Gasteiger partial charge in [0.25, 0.3) is 0 Å². The number of fused-ring (bicyclic) bond motifs is 1. The van der Waals surface area contributed by atoms with Gasteiger partial charge in [0.2, 0.25) is 0 Å². The van der Waals surface area contributed by atoms with Gasteiger partial charge in [0.1, 0.15) is 3.70 Å². The molecule has 92 valence electrons.